The number of amides is 9. The van der Waals surface area contributed by atoms with Gasteiger partial charge < -0.3 is 69.7 Å². The monoisotopic (exact) mass is 1090 g/mol. The van der Waals surface area contributed by atoms with E-state index < -0.39 is 114 Å². The molecular weight excluding hydrogens is 1010 g/mol. The Hall–Kier alpha value is -8.44. The number of carbonyl (C=O) groups excluding carboxylic acids is 9. The van der Waals surface area contributed by atoms with Gasteiger partial charge in [0, 0.05) is 60.8 Å². The second-order valence-electron chi connectivity index (χ2n) is 20.5. The molecule has 0 bridgehead atoms. The lowest BCUT2D eigenvalue weighted by molar-refractivity contribution is -0.135. The number of primary amides is 2. The van der Waals surface area contributed by atoms with Crippen molar-refractivity contribution in [2.24, 2.45) is 29.0 Å². The lowest BCUT2D eigenvalue weighted by Gasteiger charge is -2.27. The molecule has 5 aromatic rings. The SMILES string of the molecule is CC(C)C[C@@H](CN[C@@H](Cc1ccccc1)C(N)=O)NC(=O)[C@H](Cc1cnc[nH]1)NC(=O)CNC(=O)[C@@H](NC(=O)[C@H](C)NC(=O)[C@H](Cc1c[nH]c2ccccc12)NC(=O)[C@H](CCC(N)=O)NC(=O)[C@H](N)Cc1ccccc1)C(C)C. The van der Waals surface area contributed by atoms with Crippen LogP contribution in [0.25, 0.3) is 10.9 Å². The summed E-state index contributed by atoms with van der Waals surface area (Å²) in [5.41, 5.74) is 21.0. The topological polar surface area (TPSA) is 372 Å². The van der Waals surface area contributed by atoms with Crippen LogP contribution < -0.4 is 59.7 Å². The highest BCUT2D eigenvalue weighted by Crippen LogP contribution is 2.20. The van der Waals surface area contributed by atoms with Gasteiger partial charge in [-0.15, -0.1) is 0 Å². The Bertz CT molecular complexity index is 2830. The highest BCUT2D eigenvalue weighted by atomic mass is 16.2. The number of imidazole rings is 1. The maximum absolute atomic E-state index is 14.2. The minimum absolute atomic E-state index is 0.0161. The van der Waals surface area contributed by atoms with Crippen LogP contribution in [0.3, 0.4) is 0 Å². The van der Waals surface area contributed by atoms with Crippen molar-refractivity contribution in [1.82, 2.24) is 57.5 Å². The first-order chi connectivity index (χ1) is 37.7. The summed E-state index contributed by atoms with van der Waals surface area (Å²) in [6.07, 6.45) is 5.10. The van der Waals surface area contributed by atoms with Crippen molar-refractivity contribution in [1.29, 1.82) is 0 Å². The van der Waals surface area contributed by atoms with E-state index in [9.17, 15) is 43.2 Å². The third kappa shape index (κ3) is 20.1. The van der Waals surface area contributed by atoms with Gasteiger partial charge in [-0.3, -0.25) is 43.2 Å². The van der Waals surface area contributed by atoms with E-state index in [1.54, 1.807) is 44.3 Å². The molecule has 8 atom stereocenters. The van der Waals surface area contributed by atoms with Crippen LogP contribution >= 0.6 is 0 Å². The summed E-state index contributed by atoms with van der Waals surface area (Å²) in [5.74, 6) is -6.69. The molecule has 5 rings (SSSR count). The number of rotatable bonds is 32. The van der Waals surface area contributed by atoms with Crippen LogP contribution in [0.5, 0.6) is 0 Å². The van der Waals surface area contributed by atoms with Gasteiger partial charge in [0.05, 0.1) is 25.0 Å². The maximum Gasteiger partial charge on any atom is 0.243 e. The van der Waals surface area contributed by atoms with Gasteiger partial charge in [0.15, 0.2) is 0 Å². The predicted molar refractivity (Wildman–Crippen MR) is 297 cm³/mol. The van der Waals surface area contributed by atoms with E-state index in [0.29, 0.717) is 24.1 Å². The van der Waals surface area contributed by atoms with Gasteiger partial charge in [0.25, 0.3) is 0 Å². The largest absolute Gasteiger partial charge is 0.370 e. The molecule has 0 unspecified atom stereocenters. The lowest BCUT2D eigenvalue weighted by Crippen LogP contribution is -2.59. The molecule has 0 aliphatic heterocycles. The summed E-state index contributed by atoms with van der Waals surface area (Å²) in [5, 5.41) is 22.8. The van der Waals surface area contributed by atoms with E-state index in [4.69, 9.17) is 17.2 Å². The van der Waals surface area contributed by atoms with Crippen molar-refractivity contribution >= 4 is 64.1 Å². The van der Waals surface area contributed by atoms with Gasteiger partial charge in [-0.2, -0.15) is 0 Å². The Morgan fingerprint density at radius 3 is 1.82 bits per heavy atom. The number of para-hydroxylation sites is 1. The smallest absolute Gasteiger partial charge is 0.243 e. The summed E-state index contributed by atoms with van der Waals surface area (Å²) in [6, 6.07) is 17.1. The van der Waals surface area contributed by atoms with Gasteiger partial charge in [-0.05, 0) is 67.2 Å². The highest BCUT2D eigenvalue weighted by Gasteiger charge is 2.33. The van der Waals surface area contributed by atoms with E-state index in [2.05, 4.69) is 57.5 Å². The number of fused-ring (bicyclic) bond motifs is 1. The summed E-state index contributed by atoms with van der Waals surface area (Å²) in [6.45, 7) is 8.32. The Balaban J connectivity index is 1.23. The molecule has 16 N–H and O–H groups in total. The van der Waals surface area contributed by atoms with Gasteiger partial charge >= 0.3 is 0 Å². The van der Waals surface area contributed by atoms with Crippen LogP contribution in [0.4, 0.5) is 0 Å². The van der Waals surface area contributed by atoms with Crippen LogP contribution in [0.1, 0.15) is 76.3 Å². The standard InChI is InChI=1S/C56H76N14O9/c1-32(2)22-39(29-62-44(50(59)73)24-36-16-10-7-11-17-36)66-55(78)46(26-38-28-60-31-64-38)67-48(72)30-63-56(79)49(33(3)4)70-51(74)34(5)65-54(77)45(25-37-27-61-42-19-13-12-18-40(37)42)69-53(76)43(20-21-47(58)71)68-52(75)41(57)23-35-14-8-6-9-15-35/h6-19,27-28,31-34,39,41,43-46,49,61-62H,20-26,29-30,57H2,1-5H3,(H2,58,71)(H2,59,73)(H,60,64)(H,63,79)(H,65,77)(H,66,78)(H,67,72)(H,68,75)(H,69,76)(H,70,74)/t34-,39-,41+,43-,44-,45-,46-,49-/m0/s1. The number of nitrogens with zero attached hydrogens (tertiary/aromatic N) is 1. The number of aromatic nitrogens is 3. The van der Waals surface area contributed by atoms with E-state index in [-0.39, 0.29) is 44.6 Å². The first-order valence-electron chi connectivity index (χ1n) is 26.4. The first kappa shape index (κ1) is 61.4. The van der Waals surface area contributed by atoms with Gasteiger partial charge in [0.1, 0.15) is 30.2 Å². The number of nitrogens with one attached hydrogen (secondary N) is 10. The number of aromatic amines is 2. The van der Waals surface area contributed by atoms with Crippen LogP contribution in [-0.4, -0.2) is 130 Å². The number of hydrogen-bond acceptors (Lipinski definition) is 12. The third-order valence-corrected chi connectivity index (χ3v) is 13.1. The molecule has 0 saturated carbocycles. The summed E-state index contributed by atoms with van der Waals surface area (Å²) in [4.78, 5) is 131. The molecule has 424 valence electrons. The zero-order valence-electron chi connectivity index (χ0n) is 45.3. The van der Waals surface area contributed by atoms with Gasteiger partial charge in [-0.1, -0.05) is 107 Å². The van der Waals surface area contributed by atoms with Crippen molar-refractivity contribution in [2.45, 2.75) is 128 Å². The quantitative estimate of drug-likeness (QED) is 0.0270. The van der Waals surface area contributed by atoms with Gasteiger partial charge in [0.2, 0.25) is 53.2 Å². The third-order valence-electron chi connectivity index (χ3n) is 13.1. The Labute approximate surface area is 459 Å². The average molecular weight is 1090 g/mol. The predicted octanol–water partition coefficient (Wildman–Crippen LogP) is -0.0551. The molecule has 9 amide bonds. The van der Waals surface area contributed by atoms with Crippen LogP contribution in [0.2, 0.25) is 0 Å². The van der Waals surface area contributed by atoms with Crippen molar-refractivity contribution in [3.05, 3.63) is 126 Å². The molecule has 2 aromatic heterocycles. The molecule has 79 heavy (non-hydrogen) atoms. The number of carbonyl (C=O) groups is 9. The minimum atomic E-state index is -1.34. The zero-order valence-corrected chi connectivity index (χ0v) is 45.3. The molecular formula is C56H76N14O9. The fraction of sp³-hybridized carbons (Fsp3) is 0.429. The summed E-state index contributed by atoms with van der Waals surface area (Å²) in [7, 11) is 0. The number of nitrogens with two attached hydrogens (primary N) is 3. The highest BCUT2D eigenvalue weighted by molar-refractivity contribution is 5.97. The molecule has 2 heterocycles. The fourth-order valence-corrected chi connectivity index (χ4v) is 8.81. The molecule has 0 aliphatic carbocycles. The van der Waals surface area contributed by atoms with Crippen LogP contribution in [0, 0.1) is 11.8 Å². The second kappa shape index (κ2) is 30.5. The maximum atomic E-state index is 14.2. The van der Waals surface area contributed by atoms with E-state index >= 15 is 0 Å². The Kier molecular flexibility index (Phi) is 23.7. The molecule has 3 aromatic carbocycles. The molecule has 0 spiro atoms. The molecule has 0 aliphatic rings. The van der Waals surface area contributed by atoms with Gasteiger partial charge in [-0.25, -0.2) is 4.98 Å². The number of H-pyrrole nitrogens is 2. The Morgan fingerprint density at radius 1 is 0.595 bits per heavy atom. The van der Waals surface area contributed by atoms with E-state index in [1.165, 1.54) is 19.4 Å². The Morgan fingerprint density at radius 2 is 1.20 bits per heavy atom. The molecule has 0 saturated heterocycles. The second-order valence-corrected chi connectivity index (χ2v) is 20.5. The van der Waals surface area contributed by atoms with Crippen LogP contribution in [-0.2, 0) is 68.8 Å². The summed E-state index contributed by atoms with van der Waals surface area (Å²) >= 11 is 0. The van der Waals surface area contributed by atoms with Crippen molar-refractivity contribution in [3.8, 4) is 0 Å². The van der Waals surface area contributed by atoms with Crippen molar-refractivity contribution in [2.75, 3.05) is 13.1 Å². The van der Waals surface area contributed by atoms with Crippen molar-refractivity contribution in [3.63, 3.8) is 0 Å². The molecule has 0 fully saturated rings. The normalized spacial score (nSPS) is 14.3. The molecule has 23 heteroatoms. The zero-order chi connectivity index (χ0) is 57.6. The number of hydrogen-bond donors (Lipinski definition) is 13. The molecule has 23 nitrogen and oxygen atoms in total. The van der Waals surface area contributed by atoms with E-state index in [0.717, 1.165) is 22.0 Å². The lowest BCUT2D eigenvalue weighted by atomic mass is 10.0. The van der Waals surface area contributed by atoms with Crippen molar-refractivity contribution < 1.29 is 43.2 Å². The number of benzene rings is 3. The fourth-order valence-electron chi connectivity index (χ4n) is 8.81. The first-order valence-corrected chi connectivity index (χ1v) is 26.4. The average Bonchev–Trinajstić information content (AvgIpc) is 4.09. The van der Waals surface area contributed by atoms with E-state index in [1.807, 2.05) is 74.5 Å². The minimum Gasteiger partial charge on any atom is -0.370 e. The van der Waals surface area contributed by atoms with Crippen LogP contribution in [0.15, 0.2) is 104 Å². The summed E-state index contributed by atoms with van der Waals surface area (Å²) < 4.78 is 0. The molecule has 0 radical (unpaired) electrons.